The molecule has 10 heteroatoms. The highest BCUT2D eigenvalue weighted by molar-refractivity contribution is 7.13. The Labute approximate surface area is 145 Å². The third-order valence-electron chi connectivity index (χ3n) is 3.61. The van der Waals surface area contributed by atoms with Crippen molar-refractivity contribution < 1.29 is 4.74 Å². The van der Waals surface area contributed by atoms with Crippen LogP contribution < -0.4 is 15.8 Å². The van der Waals surface area contributed by atoms with Crippen LogP contribution in [0.4, 0.5) is 5.13 Å². The Bertz CT molecular complexity index is 560. The summed E-state index contributed by atoms with van der Waals surface area (Å²) in [6.07, 6.45) is 3.80. The minimum atomic E-state index is 0. The third-order valence-corrected chi connectivity index (χ3v) is 4.53. The van der Waals surface area contributed by atoms with E-state index in [0.29, 0.717) is 0 Å². The van der Waals surface area contributed by atoms with E-state index < -0.39 is 0 Å². The summed E-state index contributed by atoms with van der Waals surface area (Å²) in [6, 6.07) is 0. The lowest BCUT2D eigenvalue weighted by atomic mass is 10.3. The molecule has 0 aliphatic carbocycles. The number of anilines is 1. The van der Waals surface area contributed by atoms with E-state index >= 15 is 0 Å². The van der Waals surface area contributed by atoms with E-state index in [4.69, 9.17) is 9.72 Å². The maximum absolute atomic E-state index is 5.38. The van der Waals surface area contributed by atoms with Gasteiger partial charge in [0.25, 0.3) is 0 Å². The second-order valence-electron chi connectivity index (χ2n) is 4.82. The summed E-state index contributed by atoms with van der Waals surface area (Å²) >= 11 is 1.69. The molecular formula is C12H18Cl2N6OS. The van der Waals surface area contributed by atoms with Crippen LogP contribution in [0.5, 0.6) is 0 Å². The number of hydrogen-bond donors (Lipinski definition) is 2. The number of thiazole rings is 1. The van der Waals surface area contributed by atoms with E-state index in [1.807, 2.05) is 12.4 Å². The summed E-state index contributed by atoms with van der Waals surface area (Å²) in [6.45, 7) is 4.21. The van der Waals surface area contributed by atoms with Gasteiger partial charge in [0.15, 0.2) is 5.13 Å². The molecule has 4 heterocycles. The summed E-state index contributed by atoms with van der Waals surface area (Å²) in [7, 11) is 0. The Balaban J connectivity index is 0.000000882. The van der Waals surface area contributed by atoms with Crippen molar-refractivity contribution in [2.45, 2.75) is 6.17 Å². The SMILES string of the molecule is C1=NC=C2NNC(c3csc(N4CCOCC4)n3)N2C1.Cl.Cl. The second kappa shape index (κ2) is 7.47. The van der Waals surface area contributed by atoms with Crippen molar-refractivity contribution in [2.75, 3.05) is 37.7 Å². The molecule has 1 atom stereocenters. The van der Waals surface area contributed by atoms with Crippen molar-refractivity contribution in [3.63, 3.8) is 0 Å². The Hall–Kier alpha value is -1.06. The minimum Gasteiger partial charge on any atom is -0.378 e. The van der Waals surface area contributed by atoms with Crippen LogP contribution in [-0.2, 0) is 4.74 Å². The number of hydrogen-bond acceptors (Lipinski definition) is 8. The molecule has 3 aliphatic rings. The van der Waals surface area contributed by atoms with Crippen molar-refractivity contribution in [3.8, 4) is 0 Å². The van der Waals surface area contributed by atoms with Gasteiger partial charge in [-0.1, -0.05) is 0 Å². The topological polar surface area (TPSA) is 65.0 Å². The van der Waals surface area contributed by atoms with E-state index in [1.54, 1.807) is 11.3 Å². The van der Waals surface area contributed by atoms with Crippen LogP contribution in [0.1, 0.15) is 11.9 Å². The fraction of sp³-hybridized carbons (Fsp3) is 0.500. The number of aromatic nitrogens is 1. The Morgan fingerprint density at radius 3 is 2.91 bits per heavy atom. The molecule has 2 fully saturated rings. The predicted molar refractivity (Wildman–Crippen MR) is 91.9 cm³/mol. The van der Waals surface area contributed by atoms with Crippen LogP contribution in [0.3, 0.4) is 0 Å². The number of rotatable bonds is 2. The van der Waals surface area contributed by atoms with Crippen LogP contribution in [0.2, 0.25) is 0 Å². The molecule has 0 aromatic carbocycles. The van der Waals surface area contributed by atoms with Gasteiger partial charge in [0.1, 0.15) is 12.0 Å². The zero-order chi connectivity index (χ0) is 13.4. The number of morpholine rings is 1. The van der Waals surface area contributed by atoms with Crippen LogP contribution in [0.15, 0.2) is 22.4 Å². The third kappa shape index (κ3) is 3.16. The summed E-state index contributed by atoms with van der Waals surface area (Å²) in [5, 5.41) is 3.20. The number of aliphatic imine (C=N–C) groups is 1. The van der Waals surface area contributed by atoms with Gasteiger partial charge in [-0.3, -0.25) is 4.99 Å². The number of halogens is 2. The maximum atomic E-state index is 5.38. The first kappa shape index (κ1) is 17.3. The molecule has 1 unspecified atom stereocenters. The van der Waals surface area contributed by atoms with Gasteiger partial charge in [-0.25, -0.2) is 10.4 Å². The molecule has 1 aromatic rings. The van der Waals surface area contributed by atoms with Gasteiger partial charge in [0.05, 0.1) is 31.7 Å². The molecule has 2 N–H and O–H groups in total. The summed E-state index contributed by atoms with van der Waals surface area (Å²) in [5.41, 5.74) is 7.45. The van der Waals surface area contributed by atoms with E-state index in [2.05, 4.69) is 31.0 Å². The van der Waals surface area contributed by atoms with Crippen LogP contribution in [-0.4, -0.2) is 48.9 Å². The standard InChI is InChI=1S/C12H16N6OS.2ClH/c1-2-18-10(7-13-1)15-16-11(18)9-8-20-12(14-9)17-3-5-19-6-4-17;;/h1,7-8,11,15-16H,2-6H2;2*1H. The monoisotopic (exact) mass is 364 g/mol. The highest BCUT2D eigenvalue weighted by Crippen LogP contribution is 2.30. The van der Waals surface area contributed by atoms with E-state index in [9.17, 15) is 0 Å². The first-order valence-corrected chi connectivity index (χ1v) is 7.58. The van der Waals surface area contributed by atoms with Gasteiger partial charge in [-0.05, 0) is 0 Å². The van der Waals surface area contributed by atoms with Crippen molar-refractivity contribution >= 4 is 47.5 Å². The van der Waals surface area contributed by atoms with Gasteiger partial charge in [-0.2, -0.15) is 0 Å². The molecule has 7 nitrogen and oxygen atoms in total. The first-order chi connectivity index (χ1) is 9.92. The Morgan fingerprint density at radius 2 is 2.09 bits per heavy atom. The molecular weight excluding hydrogens is 347 g/mol. The zero-order valence-electron chi connectivity index (χ0n) is 11.8. The number of hydrazine groups is 1. The number of fused-ring (bicyclic) bond motifs is 1. The van der Waals surface area contributed by atoms with Crippen molar-refractivity contribution in [2.24, 2.45) is 4.99 Å². The van der Waals surface area contributed by atoms with E-state index in [0.717, 1.165) is 49.5 Å². The largest absolute Gasteiger partial charge is 0.378 e. The molecule has 1 aromatic heterocycles. The molecule has 2 saturated heterocycles. The highest BCUT2D eigenvalue weighted by atomic mass is 35.5. The van der Waals surface area contributed by atoms with Gasteiger partial charge in [0.2, 0.25) is 0 Å². The Morgan fingerprint density at radius 1 is 1.27 bits per heavy atom. The highest BCUT2D eigenvalue weighted by Gasteiger charge is 2.31. The fourth-order valence-electron chi connectivity index (χ4n) is 2.54. The van der Waals surface area contributed by atoms with Crippen molar-refractivity contribution in [3.05, 3.63) is 23.1 Å². The molecule has 0 amide bonds. The van der Waals surface area contributed by atoms with Crippen molar-refractivity contribution in [1.82, 2.24) is 20.7 Å². The van der Waals surface area contributed by atoms with Gasteiger partial charge < -0.3 is 20.0 Å². The van der Waals surface area contributed by atoms with Crippen molar-refractivity contribution in [1.29, 1.82) is 0 Å². The summed E-state index contributed by atoms with van der Waals surface area (Å²) in [5.74, 6) is 0.999. The van der Waals surface area contributed by atoms with Gasteiger partial charge in [-0.15, -0.1) is 36.2 Å². The smallest absolute Gasteiger partial charge is 0.185 e. The minimum absolute atomic E-state index is 0. The molecule has 0 spiro atoms. The normalized spacial score (nSPS) is 23.1. The summed E-state index contributed by atoms with van der Waals surface area (Å²) < 4.78 is 5.38. The van der Waals surface area contributed by atoms with E-state index in [-0.39, 0.29) is 31.0 Å². The molecule has 0 saturated carbocycles. The van der Waals surface area contributed by atoms with E-state index in [1.165, 1.54) is 0 Å². The fourth-order valence-corrected chi connectivity index (χ4v) is 3.43. The molecule has 0 bridgehead atoms. The quantitative estimate of drug-likeness (QED) is 0.819. The second-order valence-corrected chi connectivity index (χ2v) is 5.66. The predicted octanol–water partition coefficient (Wildman–Crippen LogP) is 1.11. The average molecular weight is 365 g/mol. The summed E-state index contributed by atoms with van der Waals surface area (Å²) in [4.78, 5) is 13.4. The Kier molecular flexibility index (Phi) is 5.87. The lowest BCUT2D eigenvalue weighted by molar-refractivity contribution is 0.122. The molecule has 3 aliphatic heterocycles. The molecule has 0 radical (unpaired) electrons. The lowest BCUT2D eigenvalue weighted by Gasteiger charge is -2.26. The van der Waals surface area contributed by atoms with Crippen LogP contribution in [0, 0.1) is 0 Å². The molecule has 4 rings (SSSR count). The number of nitrogens with zero attached hydrogens (tertiary/aromatic N) is 4. The van der Waals surface area contributed by atoms with Crippen LogP contribution in [0.25, 0.3) is 0 Å². The van der Waals surface area contributed by atoms with Gasteiger partial charge >= 0.3 is 0 Å². The lowest BCUT2D eigenvalue weighted by Crippen LogP contribution is -2.36. The molecule has 122 valence electrons. The first-order valence-electron chi connectivity index (χ1n) is 6.70. The molecule has 22 heavy (non-hydrogen) atoms. The zero-order valence-corrected chi connectivity index (χ0v) is 14.2. The number of ether oxygens (including phenoxy) is 1. The van der Waals surface area contributed by atoms with Gasteiger partial charge in [0, 0.05) is 24.7 Å². The van der Waals surface area contributed by atoms with Crippen LogP contribution >= 0.6 is 36.2 Å². The maximum Gasteiger partial charge on any atom is 0.185 e. The number of nitrogens with one attached hydrogen (secondary N) is 2. The average Bonchev–Trinajstić information content (AvgIpc) is 3.14.